The van der Waals surface area contributed by atoms with Gasteiger partial charge in [-0.2, -0.15) is 0 Å². The number of ketones is 2. The summed E-state index contributed by atoms with van der Waals surface area (Å²) in [6.45, 7) is 1.28. The molecular weight excluding hydrogens is 509 g/mol. The number of halogens is 2. The minimum absolute atomic E-state index is 0.0651. The summed E-state index contributed by atoms with van der Waals surface area (Å²) in [5, 5.41) is 0.319. The summed E-state index contributed by atoms with van der Waals surface area (Å²) in [6.07, 6.45) is 4.02. The number of rotatable bonds is 8. The lowest BCUT2D eigenvalue weighted by atomic mass is 9.71. The Bertz CT molecular complexity index is 1270. The number of hydrogen-bond acceptors (Lipinski definition) is 6. The minimum atomic E-state index is -0.503. The number of ether oxygens (including phenoxy) is 3. The normalized spacial score (nSPS) is 18.1. The van der Waals surface area contributed by atoms with Gasteiger partial charge in [0, 0.05) is 55.0 Å². The van der Waals surface area contributed by atoms with E-state index in [0.29, 0.717) is 53.7 Å². The molecule has 5 rings (SSSR count). The third-order valence-corrected chi connectivity index (χ3v) is 7.77. The largest absolute Gasteiger partial charge is 0.493 e. The molecule has 0 spiro atoms. The van der Waals surface area contributed by atoms with Crippen molar-refractivity contribution in [3.8, 4) is 11.5 Å². The molecule has 0 radical (unpaired) electrons. The topological polar surface area (TPSA) is 65.1 Å². The fourth-order valence-corrected chi connectivity index (χ4v) is 6.06. The van der Waals surface area contributed by atoms with Crippen LogP contribution in [0.3, 0.4) is 0 Å². The standard InChI is InChI=1S/C30H31ClFNO5/c1-36-14-13-33-22-5-3-7-24(34)28(22)27(29-23(33)6-4-8-25(29)35)19-15-21(31)30(26(16-19)37-2)38-17-18-9-11-20(32)12-10-18/h9-12,15-16,27H,3-8,13-14,17H2,1-2H3. The van der Waals surface area contributed by atoms with Crippen molar-refractivity contribution in [3.63, 3.8) is 0 Å². The van der Waals surface area contributed by atoms with E-state index in [1.54, 1.807) is 25.3 Å². The number of methoxy groups -OCH3 is 2. The second kappa shape index (κ2) is 11.3. The molecule has 0 unspecified atom stereocenters. The van der Waals surface area contributed by atoms with Gasteiger partial charge in [0.05, 0.1) is 18.7 Å². The molecule has 0 saturated heterocycles. The number of benzene rings is 2. The number of hydrogen-bond donors (Lipinski definition) is 0. The lowest BCUT2D eigenvalue weighted by Crippen LogP contribution is -2.40. The first-order valence-electron chi connectivity index (χ1n) is 13.0. The Labute approximate surface area is 227 Å². The highest BCUT2D eigenvalue weighted by atomic mass is 35.5. The SMILES string of the molecule is COCCN1C2=C(C(=O)CCC2)C(c2cc(Cl)c(OCc3ccc(F)cc3)c(OC)c2)C2=C1CCCC2=O. The van der Waals surface area contributed by atoms with Crippen LogP contribution < -0.4 is 9.47 Å². The fourth-order valence-electron chi connectivity index (χ4n) is 5.78. The first-order valence-corrected chi connectivity index (χ1v) is 13.3. The number of Topliss-reactive ketones (excluding diaryl/α,β-unsaturated/α-hetero) is 2. The highest BCUT2D eigenvalue weighted by Gasteiger charge is 2.43. The Morgan fingerprint density at radius 1 is 0.947 bits per heavy atom. The number of allylic oxidation sites excluding steroid dienone is 4. The van der Waals surface area contributed by atoms with Crippen molar-refractivity contribution >= 4 is 23.2 Å². The maximum absolute atomic E-state index is 13.4. The van der Waals surface area contributed by atoms with Crippen molar-refractivity contribution in [2.75, 3.05) is 27.4 Å². The second-order valence-electron chi connectivity index (χ2n) is 9.80. The molecule has 0 amide bonds. The predicted molar refractivity (Wildman–Crippen MR) is 142 cm³/mol. The van der Waals surface area contributed by atoms with Crippen LogP contribution in [0.15, 0.2) is 58.9 Å². The van der Waals surface area contributed by atoms with Crippen LogP contribution in [0, 0.1) is 5.82 Å². The maximum atomic E-state index is 13.4. The van der Waals surface area contributed by atoms with Crippen molar-refractivity contribution in [3.05, 3.63) is 80.9 Å². The van der Waals surface area contributed by atoms with Crippen LogP contribution in [0.4, 0.5) is 4.39 Å². The van der Waals surface area contributed by atoms with Gasteiger partial charge in [0.1, 0.15) is 12.4 Å². The quantitative estimate of drug-likeness (QED) is 0.402. The maximum Gasteiger partial charge on any atom is 0.180 e. The highest BCUT2D eigenvalue weighted by molar-refractivity contribution is 6.32. The molecule has 200 valence electrons. The molecule has 1 heterocycles. The smallest absolute Gasteiger partial charge is 0.180 e. The average molecular weight is 540 g/mol. The summed E-state index contributed by atoms with van der Waals surface area (Å²) in [6, 6.07) is 9.63. The van der Waals surface area contributed by atoms with Gasteiger partial charge in [0.25, 0.3) is 0 Å². The number of carbonyl (C=O) groups is 2. The molecular formula is C30H31ClFNO5. The van der Waals surface area contributed by atoms with Crippen LogP contribution in [-0.4, -0.2) is 43.8 Å². The molecule has 8 heteroatoms. The number of carbonyl (C=O) groups excluding carboxylic acids is 2. The van der Waals surface area contributed by atoms with E-state index in [4.69, 9.17) is 25.8 Å². The molecule has 1 aliphatic heterocycles. The summed E-state index contributed by atoms with van der Waals surface area (Å²) < 4.78 is 30.3. The summed E-state index contributed by atoms with van der Waals surface area (Å²) in [4.78, 5) is 29.0. The van der Waals surface area contributed by atoms with Crippen LogP contribution in [0.2, 0.25) is 5.02 Å². The van der Waals surface area contributed by atoms with Crippen molar-refractivity contribution in [1.29, 1.82) is 0 Å². The van der Waals surface area contributed by atoms with Gasteiger partial charge in [-0.1, -0.05) is 23.7 Å². The molecule has 38 heavy (non-hydrogen) atoms. The Balaban J connectivity index is 1.58. The Hall–Kier alpha value is -3.16. The Morgan fingerprint density at radius 3 is 2.16 bits per heavy atom. The monoisotopic (exact) mass is 539 g/mol. The summed E-state index contributed by atoms with van der Waals surface area (Å²) >= 11 is 6.75. The van der Waals surface area contributed by atoms with E-state index < -0.39 is 5.92 Å². The van der Waals surface area contributed by atoms with E-state index in [-0.39, 0.29) is 24.0 Å². The molecule has 2 aromatic carbocycles. The summed E-state index contributed by atoms with van der Waals surface area (Å²) in [5.41, 5.74) is 4.85. The van der Waals surface area contributed by atoms with Crippen LogP contribution in [0.1, 0.15) is 55.6 Å². The average Bonchev–Trinajstić information content (AvgIpc) is 2.91. The molecule has 0 aromatic heterocycles. The van der Waals surface area contributed by atoms with Gasteiger partial charge in [-0.05, 0) is 61.1 Å². The van der Waals surface area contributed by atoms with Crippen molar-refractivity contribution < 1.29 is 28.2 Å². The van der Waals surface area contributed by atoms with Crippen LogP contribution in [0.5, 0.6) is 11.5 Å². The lowest BCUT2D eigenvalue weighted by Gasteiger charge is -2.44. The lowest BCUT2D eigenvalue weighted by molar-refractivity contribution is -0.117. The van der Waals surface area contributed by atoms with Gasteiger partial charge < -0.3 is 19.1 Å². The van der Waals surface area contributed by atoms with E-state index in [9.17, 15) is 14.0 Å². The van der Waals surface area contributed by atoms with Gasteiger partial charge in [-0.25, -0.2) is 4.39 Å². The minimum Gasteiger partial charge on any atom is -0.493 e. The molecule has 3 aliphatic rings. The van der Waals surface area contributed by atoms with Gasteiger partial charge in [0.2, 0.25) is 0 Å². The molecule has 6 nitrogen and oxygen atoms in total. The third-order valence-electron chi connectivity index (χ3n) is 7.49. The molecule has 0 fully saturated rings. The fraction of sp³-hybridized carbons (Fsp3) is 0.400. The summed E-state index contributed by atoms with van der Waals surface area (Å²) in [7, 11) is 3.18. The van der Waals surface area contributed by atoms with E-state index in [0.717, 1.165) is 48.2 Å². The third kappa shape index (κ3) is 4.97. The van der Waals surface area contributed by atoms with E-state index in [2.05, 4.69) is 4.90 Å². The molecule has 2 aromatic rings. The van der Waals surface area contributed by atoms with Crippen LogP contribution >= 0.6 is 11.6 Å². The predicted octanol–water partition coefficient (Wildman–Crippen LogP) is 6.13. The molecule has 0 bridgehead atoms. The van der Waals surface area contributed by atoms with Gasteiger partial charge in [0.15, 0.2) is 23.1 Å². The van der Waals surface area contributed by atoms with Crippen molar-refractivity contribution in [2.24, 2.45) is 0 Å². The van der Waals surface area contributed by atoms with Crippen molar-refractivity contribution in [2.45, 2.75) is 51.0 Å². The first kappa shape index (κ1) is 26.4. The highest BCUT2D eigenvalue weighted by Crippen LogP contribution is 2.51. The molecule has 0 atom stereocenters. The van der Waals surface area contributed by atoms with Gasteiger partial charge >= 0.3 is 0 Å². The first-order chi connectivity index (χ1) is 18.4. The summed E-state index contributed by atoms with van der Waals surface area (Å²) in [5.74, 6) is 0.0711. The van der Waals surface area contributed by atoms with Gasteiger partial charge in [-0.3, -0.25) is 9.59 Å². The van der Waals surface area contributed by atoms with Crippen LogP contribution in [0.25, 0.3) is 0 Å². The van der Waals surface area contributed by atoms with E-state index >= 15 is 0 Å². The molecule has 0 saturated carbocycles. The number of nitrogens with zero attached hydrogens (tertiary/aromatic N) is 1. The zero-order chi connectivity index (χ0) is 26.8. The zero-order valence-electron chi connectivity index (χ0n) is 21.6. The van der Waals surface area contributed by atoms with Gasteiger partial charge in [-0.15, -0.1) is 0 Å². The van der Waals surface area contributed by atoms with E-state index in [1.807, 2.05) is 6.07 Å². The molecule has 0 N–H and O–H groups in total. The zero-order valence-corrected chi connectivity index (χ0v) is 22.4. The molecule has 2 aliphatic carbocycles. The Morgan fingerprint density at radius 2 is 1.58 bits per heavy atom. The Kier molecular flexibility index (Phi) is 7.86. The van der Waals surface area contributed by atoms with E-state index in [1.165, 1.54) is 19.2 Å². The van der Waals surface area contributed by atoms with Crippen molar-refractivity contribution in [1.82, 2.24) is 4.90 Å². The second-order valence-corrected chi connectivity index (χ2v) is 10.2. The van der Waals surface area contributed by atoms with Crippen LogP contribution in [-0.2, 0) is 20.9 Å².